The Labute approximate surface area is 185 Å². The highest BCUT2D eigenvalue weighted by Gasteiger charge is 2.47. The first kappa shape index (κ1) is 22.5. The average Bonchev–Trinajstić information content (AvgIpc) is 2.72. The van der Waals surface area contributed by atoms with Crippen molar-refractivity contribution in [2.75, 3.05) is 0 Å². The van der Waals surface area contributed by atoms with E-state index in [0.717, 1.165) is 15.6 Å². The number of benzene rings is 2. The quantitative estimate of drug-likeness (QED) is 0.559. The number of rotatable bonds is 7. The van der Waals surface area contributed by atoms with E-state index in [1.807, 2.05) is 68.4 Å². The zero-order valence-electron chi connectivity index (χ0n) is 17.2. The van der Waals surface area contributed by atoms with Crippen LogP contribution in [0.4, 0.5) is 0 Å². The van der Waals surface area contributed by atoms with Crippen LogP contribution < -0.4 is 0 Å². The summed E-state index contributed by atoms with van der Waals surface area (Å²) in [6, 6.07) is 17.1. The van der Waals surface area contributed by atoms with Gasteiger partial charge in [-0.1, -0.05) is 58.4 Å². The molecule has 0 heterocycles. The molecule has 0 saturated heterocycles. The third-order valence-corrected chi connectivity index (χ3v) is 6.01. The molecule has 5 nitrogen and oxygen atoms in total. The minimum atomic E-state index is -0.990. The lowest BCUT2D eigenvalue weighted by Gasteiger charge is -2.39. The molecule has 1 saturated carbocycles. The first-order chi connectivity index (χ1) is 14.3. The van der Waals surface area contributed by atoms with Gasteiger partial charge in [-0.15, -0.1) is 0 Å². The minimum absolute atomic E-state index is 0.0170. The molecule has 0 spiro atoms. The first-order valence-electron chi connectivity index (χ1n) is 10.2. The SMILES string of the molecule is CC(C)O[C@H]1CC(C(=O)O)[C@H](C(=O)OCc2ccccc2)[C@@H](c2ccc(Br)cc2)C1. The molecule has 160 valence electrons. The summed E-state index contributed by atoms with van der Waals surface area (Å²) in [5.74, 6) is -3.38. The fourth-order valence-corrected chi connectivity index (χ4v) is 4.46. The molecular weight excluding hydrogens is 448 g/mol. The van der Waals surface area contributed by atoms with Crippen molar-refractivity contribution in [2.24, 2.45) is 11.8 Å². The van der Waals surface area contributed by atoms with Gasteiger partial charge < -0.3 is 14.6 Å². The van der Waals surface area contributed by atoms with Crippen LogP contribution in [0.5, 0.6) is 0 Å². The third kappa shape index (κ3) is 5.70. The van der Waals surface area contributed by atoms with E-state index in [-0.39, 0.29) is 24.7 Å². The lowest BCUT2D eigenvalue weighted by atomic mass is 9.68. The predicted octanol–water partition coefficient (Wildman–Crippen LogP) is 5.18. The Bertz CT molecular complexity index is 850. The van der Waals surface area contributed by atoms with Crippen molar-refractivity contribution in [3.8, 4) is 0 Å². The zero-order chi connectivity index (χ0) is 21.7. The van der Waals surface area contributed by atoms with E-state index in [9.17, 15) is 14.7 Å². The van der Waals surface area contributed by atoms with Crippen molar-refractivity contribution in [2.45, 2.75) is 51.4 Å². The average molecular weight is 475 g/mol. The summed E-state index contributed by atoms with van der Waals surface area (Å²) >= 11 is 3.43. The van der Waals surface area contributed by atoms with Crippen LogP contribution in [0.3, 0.4) is 0 Å². The van der Waals surface area contributed by atoms with Crippen LogP contribution in [-0.4, -0.2) is 29.3 Å². The molecule has 0 aromatic heterocycles. The number of hydrogen-bond acceptors (Lipinski definition) is 4. The Hall–Kier alpha value is -2.18. The molecule has 1 aliphatic carbocycles. The Balaban J connectivity index is 1.88. The number of carboxylic acids is 1. The van der Waals surface area contributed by atoms with Crippen LogP contribution in [0, 0.1) is 11.8 Å². The summed E-state index contributed by atoms with van der Waals surface area (Å²) in [5, 5.41) is 9.93. The van der Waals surface area contributed by atoms with Gasteiger partial charge in [-0.3, -0.25) is 9.59 Å². The molecule has 1 fully saturated rings. The molecule has 4 atom stereocenters. The smallest absolute Gasteiger partial charge is 0.310 e. The van der Waals surface area contributed by atoms with Gasteiger partial charge in [0.1, 0.15) is 6.61 Å². The standard InChI is InChI=1S/C24H27BrO5/c1-15(2)30-19-12-20(17-8-10-18(25)11-9-17)22(21(13-19)23(26)27)24(28)29-14-16-6-4-3-5-7-16/h3-11,15,19-22H,12-14H2,1-2H3,(H,26,27)/t19-,20-,21?,22-/m1/s1. The number of ether oxygens (including phenoxy) is 2. The van der Waals surface area contributed by atoms with Crippen LogP contribution >= 0.6 is 15.9 Å². The van der Waals surface area contributed by atoms with E-state index < -0.39 is 23.8 Å². The second kappa shape index (κ2) is 10.2. The molecule has 1 aliphatic rings. The van der Waals surface area contributed by atoms with E-state index in [1.165, 1.54) is 0 Å². The van der Waals surface area contributed by atoms with Gasteiger partial charge in [0, 0.05) is 10.4 Å². The highest BCUT2D eigenvalue weighted by Crippen LogP contribution is 2.44. The van der Waals surface area contributed by atoms with Crippen molar-refractivity contribution in [3.05, 3.63) is 70.2 Å². The van der Waals surface area contributed by atoms with E-state index >= 15 is 0 Å². The van der Waals surface area contributed by atoms with Crippen molar-refractivity contribution < 1.29 is 24.2 Å². The number of esters is 1. The van der Waals surface area contributed by atoms with Crippen LogP contribution in [0.2, 0.25) is 0 Å². The molecule has 1 unspecified atom stereocenters. The second-order valence-electron chi connectivity index (χ2n) is 8.00. The lowest BCUT2D eigenvalue weighted by molar-refractivity contribution is -0.166. The maximum Gasteiger partial charge on any atom is 0.310 e. The molecular formula is C24H27BrO5. The molecule has 0 bridgehead atoms. The molecule has 2 aromatic rings. The number of hydrogen-bond donors (Lipinski definition) is 1. The lowest BCUT2D eigenvalue weighted by Crippen LogP contribution is -2.44. The Morgan fingerprint density at radius 2 is 1.73 bits per heavy atom. The number of carbonyl (C=O) groups excluding carboxylic acids is 1. The van der Waals surface area contributed by atoms with Gasteiger partial charge in [-0.2, -0.15) is 0 Å². The van der Waals surface area contributed by atoms with Crippen LogP contribution in [0.1, 0.15) is 43.7 Å². The maximum atomic E-state index is 13.1. The van der Waals surface area contributed by atoms with Gasteiger partial charge in [-0.25, -0.2) is 0 Å². The molecule has 30 heavy (non-hydrogen) atoms. The van der Waals surface area contributed by atoms with Gasteiger partial charge in [0.2, 0.25) is 0 Å². The molecule has 0 aliphatic heterocycles. The number of aliphatic carboxylic acids is 1. The van der Waals surface area contributed by atoms with Gasteiger partial charge in [-0.05, 0) is 49.9 Å². The van der Waals surface area contributed by atoms with Crippen molar-refractivity contribution >= 4 is 27.9 Å². The third-order valence-electron chi connectivity index (χ3n) is 5.48. The van der Waals surface area contributed by atoms with E-state index in [4.69, 9.17) is 9.47 Å². The monoisotopic (exact) mass is 474 g/mol. The van der Waals surface area contributed by atoms with E-state index in [2.05, 4.69) is 15.9 Å². The largest absolute Gasteiger partial charge is 0.481 e. The fourth-order valence-electron chi connectivity index (χ4n) is 4.19. The highest BCUT2D eigenvalue weighted by atomic mass is 79.9. The summed E-state index contributed by atoms with van der Waals surface area (Å²) in [7, 11) is 0. The number of halogens is 1. The summed E-state index contributed by atoms with van der Waals surface area (Å²) in [5.41, 5.74) is 1.79. The van der Waals surface area contributed by atoms with Crippen LogP contribution in [0.15, 0.2) is 59.1 Å². The van der Waals surface area contributed by atoms with Gasteiger partial charge in [0.15, 0.2) is 0 Å². The van der Waals surface area contributed by atoms with Crippen LogP contribution in [0.25, 0.3) is 0 Å². The van der Waals surface area contributed by atoms with Crippen molar-refractivity contribution in [1.82, 2.24) is 0 Å². The predicted molar refractivity (Wildman–Crippen MR) is 117 cm³/mol. The molecule has 0 amide bonds. The Morgan fingerprint density at radius 1 is 1.07 bits per heavy atom. The van der Waals surface area contributed by atoms with Gasteiger partial charge in [0.05, 0.1) is 24.0 Å². The Morgan fingerprint density at radius 3 is 2.33 bits per heavy atom. The first-order valence-corrected chi connectivity index (χ1v) is 11.0. The topological polar surface area (TPSA) is 72.8 Å². The van der Waals surface area contributed by atoms with Crippen LogP contribution in [-0.2, 0) is 25.7 Å². The van der Waals surface area contributed by atoms with E-state index in [1.54, 1.807) is 0 Å². The molecule has 0 radical (unpaired) electrons. The van der Waals surface area contributed by atoms with E-state index in [0.29, 0.717) is 12.8 Å². The Kier molecular flexibility index (Phi) is 7.67. The molecule has 3 rings (SSSR count). The zero-order valence-corrected chi connectivity index (χ0v) is 18.7. The highest BCUT2D eigenvalue weighted by molar-refractivity contribution is 9.10. The summed E-state index contributed by atoms with van der Waals surface area (Å²) in [6.45, 7) is 4.00. The van der Waals surface area contributed by atoms with Gasteiger partial charge in [0.25, 0.3) is 0 Å². The number of carbonyl (C=O) groups is 2. The summed E-state index contributed by atoms with van der Waals surface area (Å²) in [4.78, 5) is 25.3. The van der Waals surface area contributed by atoms with Crippen molar-refractivity contribution in [3.63, 3.8) is 0 Å². The summed E-state index contributed by atoms with van der Waals surface area (Å²) < 4.78 is 12.5. The van der Waals surface area contributed by atoms with Gasteiger partial charge >= 0.3 is 11.9 Å². The second-order valence-corrected chi connectivity index (χ2v) is 8.92. The molecule has 6 heteroatoms. The molecule has 1 N–H and O–H groups in total. The number of carboxylic acid groups (broad SMARTS) is 1. The molecule has 2 aromatic carbocycles. The normalized spacial score (nSPS) is 23.9. The summed E-state index contributed by atoms with van der Waals surface area (Å²) in [6.07, 6.45) is 0.634. The fraction of sp³-hybridized carbons (Fsp3) is 0.417. The minimum Gasteiger partial charge on any atom is -0.481 e. The maximum absolute atomic E-state index is 13.1. The van der Waals surface area contributed by atoms with Crippen molar-refractivity contribution in [1.29, 1.82) is 0 Å².